The number of amides is 2. The van der Waals surface area contributed by atoms with Crippen LogP contribution in [0, 0.1) is 32.5 Å². The molecule has 1 N–H and O–H groups in total. The number of nitrogens with one attached hydrogen (secondary N) is 1. The van der Waals surface area contributed by atoms with E-state index in [1.165, 1.54) is 23.5 Å². The van der Waals surface area contributed by atoms with Crippen molar-refractivity contribution in [1.29, 1.82) is 0 Å². The van der Waals surface area contributed by atoms with Crippen LogP contribution in [0.15, 0.2) is 53.9 Å². The molecule has 4 aromatic rings. The van der Waals surface area contributed by atoms with Crippen LogP contribution >= 0.6 is 11.3 Å². The number of carbonyl (C=O) groups excluding carboxylic acids is 2. The maximum Gasteiger partial charge on any atom is 0.230 e. The van der Waals surface area contributed by atoms with Gasteiger partial charge >= 0.3 is 0 Å². The van der Waals surface area contributed by atoms with E-state index in [1.54, 1.807) is 27.8 Å². The first kappa shape index (κ1) is 22.9. The van der Waals surface area contributed by atoms with Gasteiger partial charge in [-0.2, -0.15) is 9.78 Å². The Morgan fingerprint density at radius 2 is 1.86 bits per heavy atom. The minimum absolute atomic E-state index is 0.0676. The number of hydrogen-bond acceptors (Lipinski definition) is 5. The number of benzene rings is 2. The highest BCUT2D eigenvalue weighted by atomic mass is 32.1. The molecule has 0 radical (unpaired) electrons. The van der Waals surface area contributed by atoms with Gasteiger partial charge in [0.1, 0.15) is 11.6 Å². The van der Waals surface area contributed by atoms with Crippen LogP contribution in [0.2, 0.25) is 0 Å². The zero-order valence-corrected chi connectivity index (χ0v) is 20.4. The van der Waals surface area contributed by atoms with Crippen molar-refractivity contribution in [3.05, 3.63) is 76.5 Å². The number of nitrogens with zero attached hydrogens (tertiary/aromatic N) is 4. The summed E-state index contributed by atoms with van der Waals surface area (Å²) in [5.74, 6) is -0.593. The molecule has 2 aromatic carbocycles. The lowest BCUT2D eigenvalue weighted by molar-refractivity contribution is -0.122. The van der Waals surface area contributed by atoms with E-state index in [1.807, 2.05) is 44.4 Å². The second kappa shape index (κ2) is 9.07. The largest absolute Gasteiger partial charge is 0.312 e. The number of hydrogen-bond donors (Lipinski definition) is 1. The van der Waals surface area contributed by atoms with Gasteiger partial charge in [0, 0.05) is 35.7 Å². The summed E-state index contributed by atoms with van der Waals surface area (Å²) in [7, 11) is 0. The van der Waals surface area contributed by atoms with Gasteiger partial charge in [-0.1, -0.05) is 6.07 Å². The molecule has 1 aliphatic rings. The van der Waals surface area contributed by atoms with Crippen LogP contribution in [0.3, 0.4) is 0 Å². The highest BCUT2D eigenvalue weighted by Crippen LogP contribution is 2.29. The van der Waals surface area contributed by atoms with Crippen LogP contribution in [0.25, 0.3) is 16.4 Å². The topological polar surface area (TPSA) is 80.1 Å². The van der Waals surface area contributed by atoms with Gasteiger partial charge in [0.2, 0.25) is 16.9 Å². The molecule has 9 heteroatoms. The smallest absolute Gasteiger partial charge is 0.230 e. The highest BCUT2D eigenvalue weighted by molar-refractivity contribution is 7.12. The SMILES string of the molecule is Cc1cc(NC(=O)C2CC(=O)N(c3ccc(C)c(C)c3)C2)n(-c2nc(-c3ccc(F)cc3)cs2)n1. The number of rotatable bonds is 5. The van der Waals surface area contributed by atoms with Crippen LogP contribution in [-0.2, 0) is 9.59 Å². The Labute approximate surface area is 206 Å². The van der Waals surface area contributed by atoms with Gasteiger partial charge in [-0.05, 0) is 68.3 Å². The molecule has 0 bridgehead atoms. The third-order valence-electron chi connectivity index (χ3n) is 6.19. The molecule has 7 nitrogen and oxygen atoms in total. The van der Waals surface area contributed by atoms with Crippen LogP contribution in [0.1, 0.15) is 23.2 Å². The van der Waals surface area contributed by atoms with Crippen molar-refractivity contribution in [1.82, 2.24) is 14.8 Å². The number of carbonyl (C=O) groups is 2. The van der Waals surface area contributed by atoms with Crippen molar-refractivity contribution >= 4 is 34.7 Å². The Hall–Kier alpha value is -3.85. The van der Waals surface area contributed by atoms with Crippen LogP contribution in [0.4, 0.5) is 15.9 Å². The molecule has 0 spiro atoms. The van der Waals surface area contributed by atoms with Crippen LogP contribution in [-0.4, -0.2) is 33.1 Å². The normalized spacial score (nSPS) is 15.6. The maximum atomic E-state index is 13.3. The quantitative estimate of drug-likeness (QED) is 0.425. The van der Waals surface area contributed by atoms with Crippen molar-refractivity contribution < 1.29 is 14.0 Å². The summed E-state index contributed by atoms with van der Waals surface area (Å²) in [5.41, 5.74) is 5.28. The van der Waals surface area contributed by atoms with E-state index in [2.05, 4.69) is 15.4 Å². The summed E-state index contributed by atoms with van der Waals surface area (Å²) in [5, 5.41) is 9.87. The molecule has 0 aliphatic carbocycles. The molecule has 178 valence electrons. The van der Waals surface area contributed by atoms with Crippen LogP contribution in [0.5, 0.6) is 0 Å². The van der Waals surface area contributed by atoms with Gasteiger partial charge in [0.25, 0.3) is 0 Å². The fraction of sp³-hybridized carbons (Fsp3) is 0.231. The zero-order valence-electron chi connectivity index (χ0n) is 19.6. The van der Waals surface area contributed by atoms with Gasteiger partial charge < -0.3 is 10.2 Å². The lowest BCUT2D eigenvalue weighted by Crippen LogP contribution is -2.28. The molecule has 5 rings (SSSR count). The minimum atomic E-state index is -0.473. The van der Waals surface area contributed by atoms with Gasteiger partial charge in [0.05, 0.1) is 17.3 Å². The van der Waals surface area contributed by atoms with E-state index in [0.29, 0.717) is 23.2 Å². The van der Waals surface area contributed by atoms with Gasteiger partial charge in [-0.3, -0.25) is 9.59 Å². The minimum Gasteiger partial charge on any atom is -0.312 e. The third kappa shape index (κ3) is 4.59. The first-order valence-electron chi connectivity index (χ1n) is 11.3. The number of aromatic nitrogens is 3. The molecule has 3 heterocycles. The second-order valence-corrected chi connectivity index (χ2v) is 9.60. The Bertz CT molecular complexity index is 1430. The van der Waals surface area contributed by atoms with E-state index in [0.717, 1.165) is 28.1 Å². The summed E-state index contributed by atoms with van der Waals surface area (Å²) in [6.45, 7) is 6.19. The average Bonchev–Trinajstić information content (AvgIpc) is 3.55. The lowest BCUT2D eigenvalue weighted by Gasteiger charge is -2.18. The Balaban J connectivity index is 1.33. The number of thiazole rings is 1. The third-order valence-corrected chi connectivity index (χ3v) is 7.01. The van der Waals surface area contributed by atoms with Crippen LogP contribution < -0.4 is 10.2 Å². The molecule has 2 amide bonds. The highest BCUT2D eigenvalue weighted by Gasteiger charge is 2.35. The molecule has 1 fully saturated rings. The summed E-state index contributed by atoms with van der Waals surface area (Å²) >= 11 is 1.37. The number of anilines is 2. The van der Waals surface area contributed by atoms with E-state index >= 15 is 0 Å². The van der Waals surface area contributed by atoms with Gasteiger partial charge in [-0.25, -0.2) is 9.37 Å². The van der Waals surface area contributed by atoms with Gasteiger partial charge in [0.15, 0.2) is 0 Å². The van der Waals surface area contributed by atoms with Crippen molar-refractivity contribution in [2.24, 2.45) is 5.92 Å². The molecule has 1 atom stereocenters. The zero-order chi connectivity index (χ0) is 24.7. The van der Waals surface area contributed by atoms with Crippen molar-refractivity contribution in [3.63, 3.8) is 0 Å². The molecular weight excluding hydrogens is 465 g/mol. The fourth-order valence-corrected chi connectivity index (χ4v) is 4.90. The monoisotopic (exact) mass is 489 g/mol. The second-order valence-electron chi connectivity index (χ2n) is 8.77. The predicted octanol–water partition coefficient (Wildman–Crippen LogP) is 5.05. The Morgan fingerprint density at radius 3 is 2.60 bits per heavy atom. The van der Waals surface area contributed by atoms with Gasteiger partial charge in [-0.15, -0.1) is 11.3 Å². The summed E-state index contributed by atoms with van der Waals surface area (Å²) < 4.78 is 14.8. The van der Waals surface area contributed by atoms with Crippen molar-refractivity contribution in [3.8, 4) is 16.4 Å². The fourth-order valence-electron chi connectivity index (χ4n) is 4.10. The van der Waals surface area contributed by atoms with Crippen molar-refractivity contribution in [2.45, 2.75) is 27.2 Å². The summed E-state index contributed by atoms with van der Waals surface area (Å²) in [6, 6.07) is 13.8. The first-order valence-corrected chi connectivity index (χ1v) is 12.1. The molecule has 1 aliphatic heterocycles. The Kier molecular flexibility index (Phi) is 5.94. The predicted molar refractivity (Wildman–Crippen MR) is 134 cm³/mol. The van der Waals surface area contributed by atoms with E-state index in [-0.39, 0.29) is 24.1 Å². The standard InChI is InChI=1S/C26H24FN5O2S/c1-15-4-9-21(10-16(15)2)31-13-19(12-24(31)33)25(34)29-23-11-17(3)30-32(23)26-28-22(14-35-26)18-5-7-20(27)8-6-18/h4-11,14,19H,12-13H2,1-3H3,(H,29,34). The average molecular weight is 490 g/mol. The number of aryl methyl sites for hydroxylation is 3. The van der Waals surface area contributed by atoms with E-state index < -0.39 is 5.92 Å². The molecule has 35 heavy (non-hydrogen) atoms. The molecular formula is C26H24FN5O2S. The molecule has 1 unspecified atom stereocenters. The first-order chi connectivity index (χ1) is 16.8. The molecule has 0 saturated carbocycles. The Morgan fingerprint density at radius 1 is 1.09 bits per heavy atom. The van der Waals surface area contributed by atoms with E-state index in [4.69, 9.17) is 0 Å². The molecule has 2 aromatic heterocycles. The van der Waals surface area contributed by atoms with E-state index in [9.17, 15) is 14.0 Å². The lowest BCUT2D eigenvalue weighted by atomic mass is 10.1. The molecule has 1 saturated heterocycles. The summed E-state index contributed by atoms with van der Waals surface area (Å²) in [4.78, 5) is 32.1. The summed E-state index contributed by atoms with van der Waals surface area (Å²) in [6.07, 6.45) is 0.151. The number of halogens is 1. The van der Waals surface area contributed by atoms with Crippen molar-refractivity contribution in [2.75, 3.05) is 16.8 Å². The maximum absolute atomic E-state index is 13.3.